The molecule has 1 fully saturated rings. The number of carbonyl (C=O) groups is 1. The molecule has 102 valence electrons. The molecule has 1 saturated heterocycles. The number of nitro groups is 1. The monoisotopic (exact) mass is 282 g/mol. The summed E-state index contributed by atoms with van der Waals surface area (Å²) in [6.45, 7) is 1.18. The van der Waals surface area contributed by atoms with Gasteiger partial charge in [0.1, 0.15) is 11.3 Å². The van der Waals surface area contributed by atoms with Crippen LogP contribution in [0.25, 0.3) is 0 Å². The third-order valence-electron chi connectivity index (χ3n) is 2.92. The van der Waals surface area contributed by atoms with Gasteiger partial charge in [-0.2, -0.15) is 11.8 Å². The Morgan fingerprint density at radius 3 is 2.89 bits per heavy atom. The number of amides is 1. The van der Waals surface area contributed by atoms with Crippen LogP contribution in [-0.2, 0) is 0 Å². The highest BCUT2D eigenvalue weighted by Gasteiger charge is 2.25. The molecule has 0 spiro atoms. The lowest BCUT2D eigenvalue weighted by molar-refractivity contribution is -0.385. The Balaban J connectivity index is 2.31. The summed E-state index contributed by atoms with van der Waals surface area (Å²) in [5, 5.41) is 20.4. The Kier molecular flexibility index (Phi) is 4.26. The molecule has 7 heteroatoms. The van der Waals surface area contributed by atoms with Crippen LogP contribution in [0.15, 0.2) is 18.2 Å². The molecule has 0 unspecified atom stereocenters. The van der Waals surface area contributed by atoms with Crippen LogP contribution in [0, 0.1) is 10.1 Å². The summed E-state index contributed by atoms with van der Waals surface area (Å²) in [6, 6.07) is 3.54. The fourth-order valence-corrected chi connectivity index (χ4v) is 2.86. The van der Waals surface area contributed by atoms with E-state index in [1.54, 1.807) is 16.7 Å². The van der Waals surface area contributed by atoms with Crippen molar-refractivity contribution >= 4 is 23.4 Å². The zero-order valence-corrected chi connectivity index (χ0v) is 11.1. The molecule has 1 aromatic carbocycles. The number of phenols is 1. The summed E-state index contributed by atoms with van der Waals surface area (Å²) in [7, 11) is 0. The van der Waals surface area contributed by atoms with E-state index < -0.39 is 4.92 Å². The van der Waals surface area contributed by atoms with E-state index in [9.17, 15) is 20.0 Å². The summed E-state index contributed by atoms with van der Waals surface area (Å²) < 4.78 is 0. The van der Waals surface area contributed by atoms with Crippen LogP contribution in [0.3, 0.4) is 0 Å². The van der Waals surface area contributed by atoms with Crippen LogP contribution < -0.4 is 0 Å². The van der Waals surface area contributed by atoms with Crippen molar-refractivity contribution in [2.24, 2.45) is 0 Å². The van der Waals surface area contributed by atoms with Crippen molar-refractivity contribution in [3.63, 3.8) is 0 Å². The van der Waals surface area contributed by atoms with Gasteiger partial charge in [0.05, 0.1) is 4.92 Å². The normalized spacial score (nSPS) is 15.9. The lowest BCUT2D eigenvalue weighted by atomic mass is 10.1. The fourth-order valence-electron chi connectivity index (χ4n) is 1.97. The summed E-state index contributed by atoms with van der Waals surface area (Å²) in [6.07, 6.45) is 0.878. The third-order valence-corrected chi connectivity index (χ3v) is 3.97. The van der Waals surface area contributed by atoms with Gasteiger partial charge in [0.2, 0.25) is 0 Å². The minimum atomic E-state index is -0.598. The number of nitro benzene ring substituents is 1. The molecule has 1 N–H and O–H groups in total. The van der Waals surface area contributed by atoms with Gasteiger partial charge in [0, 0.05) is 24.9 Å². The van der Waals surface area contributed by atoms with E-state index in [4.69, 9.17) is 0 Å². The number of hydrogen-bond acceptors (Lipinski definition) is 5. The first-order valence-electron chi connectivity index (χ1n) is 5.94. The minimum Gasteiger partial charge on any atom is -0.508 e. The van der Waals surface area contributed by atoms with Crippen molar-refractivity contribution in [2.75, 3.05) is 24.6 Å². The second-order valence-corrected chi connectivity index (χ2v) is 5.44. The highest BCUT2D eigenvalue weighted by Crippen LogP contribution is 2.25. The smallest absolute Gasteiger partial charge is 0.282 e. The average molecular weight is 282 g/mol. The Morgan fingerprint density at radius 2 is 2.16 bits per heavy atom. The Morgan fingerprint density at radius 1 is 1.37 bits per heavy atom. The van der Waals surface area contributed by atoms with E-state index in [1.165, 1.54) is 12.1 Å². The first-order chi connectivity index (χ1) is 9.09. The topological polar surface area (TPSA) is 83.7 Å². The van der Waals surface area contributed by atoms with Crippen LogP contribution in [0.4, 0.5) is 5.69 Å². The summed E-state index contributed by atoms with van der Waals surface area (Å²) in [4.78, 5) is 24.3. The lowest BCUT2D eigenvalue weighted by Crippen LogP contribution is -2.33. The SMILES string of the molecule is O=C(c1cc(O)ccc1[N+](=O)[O-])N1CCCSCC1. The molecule has 1 aliphatic rings. The molecule has 0 aromatic heterocycles. The van der Waals surface area contributed by atoms with Gasteiger partial charge in [-0.05, 0) is 24.3 Å². The molecule has 0 radical (unpaired) electrons. The number of thioether (sulfide) groups is 1. The number of hydrogen-bond donors (Lipinski definition) is 1. The number of rotatable bonds is 2. The zero-order chi connectivity index (χ0) is 13.8. The molecule has 0 aliphatic carbocycles. The molecule has 6 nitrogen and oxygen atoms in total. The summed E-state index contributed by atoms with van der Waals surface area (Å²) in [5.41, 5.74) is -0.309. The molecule has 0 bridgehead atoms. The molecule has 1 aromatic rings. The van der Waals surface area contributed by atoms with E-state index in [0.29, 0.717) is 13.1 Å². The molecule has 1 amide bonds. The maximum atomic E-state index is 12.3. The van der Waals surface area contributed by atoms with Gasteiger partial charge in [-0.1, -0.05) is 0 Å². The van der Waals surface area contributed by atoms with Crippen molar-refractivity contribution < 1.29 is 14.8 Å². The highest BCUT2D eigenvalue weighted by atomic mass is 32.2. The predicted octanol–water partition coefficient (Wildman–Crippen LogP) is 1.88. The number of nitrogens with zero attached hydrogens (tertiary/aromatic N) is 2. The van der Waals surface area contributed by atoms with Crippen LogP contribution in [-0.4, -0.2) is 45.4 Å². The molecule has 0 atom stereocenters. The molecular formula is C12H14N2O4S. The minimum absolute atomic E-state index is 0.0445. The molecule has 19 heavy (non-hydrogen) atoms. The summed E-state index contributed by atoms with van der Waals surface area (Å²) >= 11 is 1.77. The fraction of sp³-hybridized carbons (Fsp3) is 0.417. The van der Waals surface area contributed by atoms with E-state index in [0.717, 1.165) is 24.0 Å². The van der Waals surface area contributed by atoms with Gasteiger partial charge in [-0.3, -0.25) is 14.9 Å². The molecular weight excluding hydrogens is 268 g/mol. The number of benzene rings is 1. The Hall–Kier alpha value is -1.76. The first-order valence-corrected chi connectivity index (χ1v) is 7.09. The van der Waals surface area contributed by atoms with Crippen molar-refractivity contribution in [2.45, 2.75) is 6.42 Å². The molecule has 2 rings (SSSR count). The van der Waals surface area contributed by atoms with Gasteiger partial charge in [-0.25, -0.2) is 0 Å². The largest absolute Gasteiger partial charge is 0.508 e. The van der Waals surface area contributed by atoms with E-state index in [1.807, 2.05) is 0 Å². The second-order valence-electron chi connectivity index (χ2n) is 4.22. The zero-order valence-electron chi connectivity index (χ0n) is 10.2. The van der Waals surface area contributed by atoms with E-state index in [-0.39, 0.29) is 22.9 Å². The predicted molar refractivity (Wildman–Crippen MR) is 72.6 cm³/mol. The maximum absolute atomic E-state index is 12.3. The molecule has 1 heterocycles. The van der Waals surface area contributed by atoms with Crippen LogP contribution in [0.5, 0.6) is 5.75 Å². The van der Waals surface area contributed by atoms with E-state index >= 15 is 0 Å². The van der Waals surface area contributed by atoms with Crippen LogP contribution in [0.1, 0.15) is 16.8 Å². The standard InChI is InChI=1S/C12H14N2O4S/c15-9-2-3-11(14(17)18)10(8-9)12(16)13-4-1-6-19-7-5-13/h2-3,8,15H,1,4-7H2. The number of phenolic OH excluding ortho intramolecular Hbond substituents is 1. The average Bonchev–Trinajstić information content (AvgIpc) is 2.66. The highest BCUT2D eigenvalue weighted by molar-refractivity contribution is 7.99. The van der Waals surface area contributed by atoms with Gasteiger partial charge < -0.3 is 10.0 Å². The molecule has 0 saturated carbocycles. The number of carbonyl (C=O) groups excluding carboxylic acids is 1. The Bertz CT molecular complexity index is 499. The van der Waals surface area contributed by atoms with Crippen molar-refractivity contribution in [3.8, 4) is 5.75 Å². The van der Waals surface area contributed by atoms with Gasteiger partial charge in [-0.15, -0.1) is 0 Å². The third kappa shape index (κ3) is 3.17. The molecule has 1 aliphatic heterocycles. The van der Waals surface area contributed by atoms with Gasteiger partial charge in [0.25, 0.3) is 11.6 Å². The van der Waals surface area contributed by atoms with Crippen molar-refractivity contribution in [1.82, 2.24) is 4.90 Å². The van der Waals surface area contributed by atoms with Crippen molar-refractivity contribution in [3.05, 3.63) is 33.9 Å². The van der Waals surface area contributed by atoms with Crippen LogP contribution in [0.2, 0.25) is 0 Å². The Labute approximate surface area is 114 Å². The van der Waals surface area contributed by atoms with Gasteiger partial charge >= 0.3 is 0 Å². The number of aromatic hydroxyl groups is 1. The quantitative estimate of drug-likeness (QED) is 0.661. The van der Waals surface area contributed by atoms with E-state index in [2.05, 4.69) is 0 Å². The lowest BCUT2D eigenvalue weighted by Gasteiger charge is -2.19. The maximum Gasteiger partial charge on any atom is 0.282 e. The second kappa shape index (κ2) is 5.92. The first kappa shape index (κ1) is 13.7. The van der Waals surface area contributed by atoms with Gasteiger partial charge in [0.15, 0.2) is 0 Å². The summed E-state index contributed by atoms with van der Waals surface area (Å²) in [5.74, 6) is 1.30. The van der Waals surface area contributed by atoms with Crippen molar-refractivity contribution in [1.29, 1.82) is 0 Å². The van der Waals surface area contributed by atoms with Crippen LogP contribution >= 0.6 is 11.8 Å².